The van der Waals surface area contributed by atoms with E-state index < -0.39 is 5.60 Å². The summed E-state index contributed by atoms with van der Waals surface area (Å²) in [5, 5.41) is 21.0. The van der Waals surface area contributed by atoms with Crippen molar-refractivity contribution in [3.8, 4) is 0 Å². The van der Waals surface area contributed by atoms with E-state index in [-0.39, 0.29) is 23.4 Å². The molecule has 0 saturated heterocycles. The highest BCUT2D eigenvalue weighted by molar-refractivity contribution is 5.74. The SMILES string of the molecule is C=C1CC[C@H](C)C(C)(C)[C@@H]1/C=C/C(C)=C/CC[C@@]1(C)[C@H](CCCO)/C(=C(/C)C=O)CC[C@]1(C)O. The third kappa shape index (κ3) is 6.02. The predicted octanol–water partition coefficient (Wildman–Crippen LogP) is 7.35. The van der Waals surface area contributed by atoms with Gasteiger partial charge in [-0.15, -0.1) is 0 Å². The van der Waals surface area contributed by atoms with Crippen LogP contribution >= 0.6 is 0 Å². The Hall–Kier alpha value is -1.45. The first-order chi connectivity index (χ1) is 15.8. The fraction of sp³-hybridized carbons (Fsp3) is 0.710. The molecule has 2 saturated carbocycles. The summed E-state index contributed by atoms with van der Waals surface area (Å²) in [6.45, 7) is 19.8. The molecular weight excluding hydrogens is 420 g/mol. The Morgan fingerprint density at radius 2 is 1.85 bits per heavy atom. The number of rotatable bonds is 9. The van der Waals surface area contributed by atoms with Crippen LogP contribution in [0, 0.1) is 28.6 Å². The molecule has 34 heavy (non-hydrogen) atoms. The number of aldehydes is 1. The van der Waals surface area contributed by atoms with Gasteiger partial charge in [-0.05, 0) is 95.0 Å². The van der Waals surface area contributed by atoms with Gasteiger partial charge in [-0.3, -0.25) is 4.79 Å². The monoisotopic (exact) mass is 470 g/mol. The number of hydrogen-bond donors (Lipinski definition) is 2. The lowest BCUT2D eigenvalue weighted by Crippen LogP contribution is -2.52. The topological polar surface area (TPSA) is 57.5 Å². The average Bonchev–Trinajstić information content (AvgIpc) is 2.77. The van der Waals surface area contributed by atoms with Crippen LogP contribution in [0.15, 0.2) is 47.1 Å². The lowest BCUT2D eigenvalue weighted by Gasteiger charge is -2.53. The normalized spacial score (nSPS) is 36.1. The molecule has 0 spiro atoms. The van der Waals surface area contributed by atoms with E-state index in [4.69, 9.17) is 0 Å². The van der Waals surface area contributed by atoms with Gasteiger partial charge in [0, 0.05) is 17.9 Å². The smallest absolute Gasteiger partial charge is 0.145 e. The Labute approximate surface area is 209 Å². The molecule has 192 valence electrons. The zero-order chi connectivity index (χ0) is 25.7. The Bertz CT molecular complexity index is 826. The second-order valence-electron chi connectivity index (χ2n) is 12.2. The maximum atomic E-state index is 11.6. The zero-order valence-electron chi connectivity index (χ0n) is 22.9. The standard InChI is InChI=1S/C31H50O3/c1-22(13-16-27-23(2)14-15-25(4)29(27,5)6)11-9-18-30(7)28(12-10-20-32)26(24(3)21-33)17-19-31(30,8)34/h11,13,16,21,25,27-28,32,34H,2,9-10,12,14-15,17-20H2,1,3-8H3/b16-13+,22-11+,26-24-/t25-,27+,28+,30-,31-/m0/s1. The summed E-state index contributed by atoms with van der Waals surface area (Å²) in [5.74, 6) is 1.18. The fourth-order valence-corrected chi connectivity index (χ4v) is 6.44. The molecule has 0 unspecified atom stereocenters. The van der Waals surface area contributed by atoms with E-state index in [0.29, 0.717) is 24.7 Å². The molecule has 0 bridgehead atoms. The van der Waals surface area contributed by atoms with Crippen molar-refractivity contribution in [2.45, 2.75) is 105 Å². The van der Waals surface area contributed by atoms with E-state index in [1.165, 1.54) is 23.1 Å². The van der Waals surface area contributed by atoms with Crippen molar-refractivity contribution in [2.75, 3.05) is 6.61 Å². The van der Waals surface area contributed by atoms with Gasteiger partial charge in [-0.2, -0.15) is 0 Å². The van der Waals surface area contributed by atoms with Crippen LogP contribution in [0.25, 0.3) is 0 Å². The zero-order valence-corrected chi connectivity index (χ0v) is 22.9. The van der Waals surface area contributed by atoms with Crippen LogP contribution in [0.5, 0.6) is 0 Å². The summed E-state index contributed by atoms with van der Waals surface area (Å²) in [5.41, 5.74) is 3.61. The highest BCUT2D eigenvalue weighted by Gasteiger charge is 2.52. The summed E-state index contributed by atoms with van der Waals surface area (Å²) >= 11 is 0. The molecule has 3 heteroatoms. The van der Waals surface area contributed by atoms with E-state index in [9.17, 15) is 15.0 Å². The van der Waals surface area contributed by atoms with Crippen molar-refractivity contribution in [3.63, 3.8) is 0 Å². The Kier molecular flexibility index (Phi) is 9.76. The van der Waals surface area contributed by atoms with Gasteiger partial charge in [0.1, 0.15) is 6.29 Å². The van der Waals surface area contributed by atoms with Gasteiger partial charge in [0.05, 0.1) is 5.60 Å². The molecule has 2 aliphatic rings. The molecule has 2 aliphatic carbocycles. The molecule has 0 heterocycles. The van der Waals surface area contributed by atoms with Crippen LogP contribution in [0.4, 0.5) is 0 Å². The number of aliphatic hydroxyl groups is 2. The summed E-state index contributed by atoms with van der Waals surface area (Å²) in [7, 11) is 0. The molecule has 2 N–H and O–H groups in total. The summed E-state index contributed by atoms with van der Waals surface area (Å²) < 4.78 is 0. The molecule has 3 nitrogen and oxygen atoms in total. The van der Waals surface area contributed by atoms with Crippen molar-refractivity contribution in [2.24, 2.45) is 28.6 Å². The maximum Gasteiger partial charge on any atom is 0.145 e. The molecule has 0 aromatic carbocycles. The van der Waals surface area contributed by atoms with Crippen molar-refractivity contribution >= 4 is 6.29 Å². The van der Waals surface area contributed by atoms with E-state index in [1.807, 2.05) is 13.8 Å². The Morgan fingerprint density at radius 3 is 2.47 bits per heavy atom. The van der Waals surface area contributed by atoms with Crippen LogP contribution in [0.1, 0.15) is 99.8 Å². The van der Waals surface area contributed by atoms with Crippen molar-refractivity contribution in [1.82, 2.24) is 0 Å². The minimum absolute atomic E-state index is 0.102. The molecule has 5 atom stereocenters. The highest BCUT2D eigenvalue weighted by Crippen LogP contribution is 2.55. The van der Waals surface area contributed by atoms with E-state index in [1.54, 1.807) is 0 Å². The molecule has 0 aliphatic heterocycles. The van der Waals surface area contributed by atoms with E-state index in [0.717, 1.165) is 44.0 Å². The lowest BCUT2D eigenvalue weighted by atomic mass is 9.54. The van der Waals surface area contributed by atoms with E-state index in [2.05, 4.69) is 59.4 Å². The molecular formula is C31H50O3. The average molecular weight is 471 g/mol. The summed E-state index contributed by atoms with van der Waals surface area (Å²) in [6.07, 6.45) is 14.8. The quantitative estimate of drug-likeness (QED) is 0.160. The lowest BCUT2D eigenvalue weighted by molar-refractivity contribution is -0.115. The second kappa shape index (κ2) is 11.5. The molecule has 2 rings (SSSR count). The molecule has 0 aromatic rings. The van der Waals surface area contributed by atoms with Gasteiger partial charge in [-0.1, -0.05) is 69.2 Å². The molecule has 0 radical (unpaired) electrons. The number of allylic oxidation sites excluding steroid dienone is 7. The van der Waals surface area contributed by atoms with Gasteiger partial charge in [-0.25, -0.2) is 0 Å². The minimum atomic E-state index is -0.808. The van der Waals surface area contributed by atoms with Crippen LogP contribution in [-0.4, -0.2) is 28.7 Å². The van der Waals surface area contributed by atoms with Crippen LogP contribution < -0.4 is 0 Å². The summed E-state index contributed by atoms with van der Waals surface area (Å²) in [6, 6.07) is 0. The van der Waals surface area contributed by atoms with Gasteiger partial charge in [0.25, 0.3) is 0 Å². The maximum absolute atomic E-state index is 11.6. The number of hydrogen-bond acceptors (Lipinski definition) is 3. The summed E-state index contributed by atoms with van der Waals surface area (Å²) in [4.78, 5) is 11.6. The van der Waals surface area contributed by atoms with Gasteiger partial charge >= 0.3 is 0 Å². The van der Waals surface area contributed by atoms with Gasteiger partial charge in [0.15, 0.2) is 0 Å². The van der Waals surface area contributed by atoms with Crippen LogP contribution in [0.2, 0.25) is 0 Å². The van der Waals surface area contributed by atoms with Crippen LogP contribution in [-0.2, 0) is 4.79 Å². The molecule has 0 amide bonds. The number of aliphatic hydroxyl groups excluding tert-OH is 1. The fourth-order valence-electron chi connectivity index (χ4n) is 6.44. The first-order valence-corrected chi connectivity index (χ1v) is 13.3. The number of carbonyl (C=O) groups excluding carboxylic acids is 1. The Morgan fingerprint density at radius 1 is 1.18 bits per heavy atom. The number of carbonyl (C=O) groups is 1. The third-order valence-corrected chi connectivity index (χ3v) is 9.73. The molecule has 0 aromatic heterocycles. The minimum Gasteiger partial charge on any atom is -0.396 e. The van der Waals surface area contributed by atoms with Crippen molar-refractivity contribution in [1.29, 1.82) is 0 Å². The third-order valence-electron chi connectivity index (χ3n) is 9.73. The van der Waals surface area contributed by atoms with Gasteiger partial charge in [0.2, 0.25) is 0 Å². The first kappa shape index (κ1) is 28.8. The molecule has 2 fully saturated rings. The second-order valence-corrected chi connectivity index (χ2v) is 12.2. The Balaban J connectivity index is 2.21. The van der Waals surface area contributed by atoms with Crippen LogP contribution in [0.3, 0.4) is 0 Å². The van der Waals surface area contributed by atoms with Crippen molar-refractivity contribution < 1.29 is 15.0 Å². The van der Waals surface area contributed by atoms with E-state index >= 15 is 0 Å². The highest BCUT2D eigenvalue weighted by atomic mass is 16.3. The largest absolute Gasteiger partial charge is 0.396 e. The first-order valence-electron chi connectivity index (χ1n) is 13.3. The van der Waals surface area contributed by atoms with Crippen molar-refractivity contribution in [3.05, 3.63) is 47.1 Å². The van der Waals surface area contributed by atoms with Gasteiger partial charge < -0.3 is 10.2 Å². The predicted molar refractivity (Wildman–Crippen MR) is 143 cm³/mol.